The second-order valence-corrected chi connectivity index (χ2v) is 5.71. The van der Waals surface area contributed by atoms with Crippen LogP contribution in [0.3, 0.4) is 0 Å². The third kappa shape index (κ3) is 3.85. The van der Waals surface area contributed by atoms with E-state index >= 15 is 0 Å². The molecule has 0 aliphatic rings. The minimum Gasteiger partial charge on any atom is -0.438 e. The Morgan fingerprint density at radius 2 is 2.00 bits per heavy atom. The Hall–Kier alpha value is -2.87. The van der Waals surface area contributed by atoms with Gasteiger partial charge in [0.1, 0.15) is 10.8 Å². The van der Waals surface area contributed by atoms with E-state index < -0.39 is 11.7 Å². The zero-order chi connectivity index (χ0) is 18.9. The maximum Gasteiger partial charge on any atom is 0.417 e. The van der Waals surface area contributed by atoms with E-state index in [1.807, 2.05) is 0 Å². The van der Waals surface area contributed by atoms with E-state index in [2.05, 4.69) is 10.1 Å². The van der Waals surface area contributed by atoms with Gasteiger partial charge in [-0.15, -0.1) is 0 Å². The van der Waals surface area contributed by atoms with Crippen LogP contribution in [0.2, 0.25) is 5.02 Å². The van der Waals surface area contributed by atoms with Crippen molar-refractivity contribution >= 4 is 17.5 Å². The molecule has 0 N–H and O–H groups in total. The van der Waals surface area contributed by atoms with Crippen LogP contribution in [-0.4, -0.2) is 20.7 Å². The Labute approximate surface area is 151 Å². The summed E-state index contributed by atoms with van der Waals surface area (Å²) < 4.78 is 44.6. The number of aromatic nitrogens is 3. The maximum absolute atomic E-state index is 12.7. The molecule has 0 spiro atoms. The fourth-order valence-corrected chi connectivity index (χ4v) is 2.34. The van der Waals surface area contributed by atoms with Gasteiger partial charge in [-0.3, -0.25) is 4.79 Å². The van der Waals surface area contributed by atoms with Crippen molar-refractivity contribution in [2.45, 2.75) is 13.1 Å². The number of carbonyl (C=O) groups excluding carboxylic acids is 1. The van der Waals surface area contributed by atoms with E-state index in [1.165, 1.54) is 17.8 Å². The van der Waals surface area contributed by atoms with Gasteiger partial charge in [-0.1, -0.05) is 23.7 Å². The third-order valence-corrected chi connectivity index (χ3v) is 3.66. The predicted octanol–water partition coefficient (Wildman–Crippen LogP) is 5.07. The zero-order valence-corrected chi connectivity index (χ0v) is 14.0. The van der Waals surface area contributed by atoms with Crippen molar-refractivity contribution < 1.29 is 22.7 Å². The highest BCUT2D eigenvalue weighted by Gasteiger charge is 2.31. The number of nitrogens with zero attached hydrogens (tertiary/aromatic N) is 3. The van der Waals surface area contributed by atoms with Gasteiger partial charge in [0, 0.05) is 24.9 Å². The Kier molecular flexibility index (Phi) is 4.69. The molecular weight excluding hydrogens is 371 g/mol. The smallest absolute Gasteiger partial charge is 0.417 e. The first-order chi connectivity index (χ1) is 12.2. The molecule has 0 atom stereocenters. The van der Waals surface area contributed by atoms with E-state index in [4.69, 9.17) is 16.3 Å². The van der Waals surface area contributed by atoms with Crippen molar-refractivity contribution in [3.05, 3.63) is 59.4 Å². The molecule has 1 aromatic carbocycles. The minimum absolute atomic E-state index is 0.147. The fraction of sp³-hybridized carbons (Fsp3) is 0.118. The molecular formula is C17H11ClF3N3O2. The molecule has 134 valence electrons. The molecule has 0 bridgehead atoms. The number of hydrogen-bond donors (Lipinski definition) is 0. The van der Waals surface area contributed by atoms with Gasteiger partial charge in [-0.2, -0.15) is 18.3 Å². The number of benzene rings is 1. The van der Waals surface area contributed by atoms with Crippen LogP contribution in [0, 0.1) is 0 Å². The average molecular weight is 382 g/mol. The zero-order valence-electron chi connectivity index (χ0n) is 13.3. The van der Waals surface area contributed by atoms with Crippen LogP contribution < -0.4 is 4.74 Å². The van der Waals surface area contributed by atoms with Gasteiger partial charge < -0.3 is 4.74 Å². The summed E-state index contributed by atoms with van der Waals surface area (Å²) in [6.07, 6.45) is -2.36. The van der Waals surface area contributed by atoms with Crippen LogP contribution in [0.4, 0.5) is 13.2 Å². The maximum atomic E-state index is 12.7. The average Bonchev–Trinajstić information content (AvgIpc) is 3.06. The quantitative estimate of drug-likeness (QED) is 0.635. The molecule has 0 aliphatic carbocycles. The van der Waals surface area contributed by atoms with Gasteiger partial charge in [0.2, 0.25) is 11.8 Å². The molecule has 3 aromatic rings. The number of pyridine rings is 1. The van der Waals surface area contributed by atoms with E-state index in [0.29, 0.717) is 23.2 Å². The van der Waals surface area contributed by atoms with Gasteiger partial charge in [-0.25, -0.2) is 9.67 Å². The monoisotopic (exact) mass is 381 g/mol. The number of hydrogen-bond acceptors (Lipinski definition) is 4. The second-order valence-electron chi connectivity index (χ2n) is 5.30. The Bertz CT molecular complexity index is 970. The minimum atomic E-state index is -4.54. The summed E-state index contributed by atoms with van der Waals surface area (Å²) in [5.74, 6) is -0.0653. The van der Waals surface area contributed by atoms with Crippen LogP contribution in [0.15, 0.2) is 48.8 Å². The highest BCUT2D eigenvalue weighted by Crippen LogP contribution is 2.35. The summed E-state index contributed by atoms with van der Waals surface area (Å²) >= 11 is 5.84. The summed E-state index contributed by atoms with van der Waals surface area (Å²) in [6, 6.07) is 9.05. The molecule has 5 nitrogen and oxygen atoms in total. The van der Waals surface area contributed by atoms with Crippen LogP contribution in [0.25, 0.3) is 11.3 Å². The van der Waals surface area contributed by atoms with Crippen molar-refractivity contribution in [3.8, 4) is 22.9 Å². The Morgan fingerprint density at radius 1 is 1.23 bits per heavy atom. The van der Waals surface area contributed by atoms with E-state index in [9.17, 15) is 18.0 Å². The first-order valence-corrected chi connectivity index (χ1v) is 7.69. The first kappa shape index (κ1) is 17.9. The van der Waals surface area contributed by atoms with Gasteiger partial charge >= 0.3 is 6.18 Å². The highest BCUT2D eigenvalue weighted by atomic mass is 35.5. The molecule has 26 heavy (non-hydrogen) atoms. The second kappa shape index (κ2) is 6.80. The van der Waals surface area contributed by atoms with Crippen molar-refractivity contribution in [2.24, 2.45) is 0 Å². The largest absolute Gasteiger partial charge is 0.438 e. The molecule has 0 saturated heterocycles. The lowest BCUT2D eigenvalue weighted by atomic mass is 10.1. The molecule has 3 rings (SSSR count). The Morgan fingerprint density at radius 3 is 2.62 bits per heavy atom. The molecule has 2 aromatic heterocycles. The fourth-order valence-electron chi connectivity index (χ4n) is 2.14. The lowest BCUT2D eigenvalue weighted by molar-refractivity contribution is -0.137. The van der Waals surface area contributed by atoms with Crippen LogP contribution >= 0.6 is 11.6 Å². The van der Waals surface area contributed by atoms with E-state index in [0.717, 1.165) is 6.07 Å². The summed E-state index contributed by atoms with van der Waals surface area (Å²) in [5, 5.41) is 3.87. The predicted molar refractivity (Wildman–Crippen MR) is 88.3 cm³/mol. The van der Waals surface area contributed by atoms with Crippen molar-refractivity contribution in [3.63, 3.8) is 0 Å². The number of alkyl halides is 3. The highest BCUT2D eigenvalue weighted by molar-refractivity contribution is 6.31. The molecule has 0 fully saturated rings. The number of carbonyl (C=O) groups is 1. The van der Waals surface area contributed by atoms with Crippen LogP contribution in [0.5, 0.6) is 11.6 Å². The summed E-state index contributed by atoms with van der Waals surface area (Å²) in [5.41, 5.74) is 0.237. The van der Waals surface area contributed by atoms with Gasteiger partial charge in [-0.05, 0) is 24.3 Å². The van der Waals surface area contributed by atoms with E-state index in [-0.39, 0.29) is 16.8 Å². The normalized spacial score (nSPS) is 11.4. The number of rotatable bonds is 3. The van der Waals surface area contributed by atoms with Crippen LogP contribution in [-0.2, 0) is 6.18 Å². The van der Waals surface area contributed by atoms with Gasteiger partial charge in [0.25, 0.3) is 0 Å². The van der Waals surface area contributed by atoms with E-state index in [1.54, 1.807) is 30.3 Å². The lowest BCUT2D eigenvalue weighted by Gasteiger charge is -2.10. The Balaban J connectivity index is 1.86. The molecule has 0 unspecified atom stereocenters. The molecule has 0 amide bonds. The summed E-state index contributed by atoms with van der Waals surface area (Å²) in [4.78, 5) is 14.9. The van der Waals surface area contributed by atoms with Crippen LogP contribution in [0.1, 0.15) is 17.3 Å². The van der Waals surface area contributed by atoms with Gasteiger partial charge in [0.15, 0.2) is 0 Å². The molecule has 2 heterocycles. The number of ether oxygens (including phenoxy) is 1. The summed E-state index contributed by atoms with van der Waals surface area (Å²) in [6.45, 7) is 1.38. The van der Waals surface area contributed by atoms with Crippen molar-refractivity contribution in [1.82, 2.24) is 14.8 Å². The topological polar surface area (TPSA) is 57.0 Å². The molecule has 0 saturated carbocycles. The SMILES string of the molecule is CC(=O)n1ccc(-c2cccc(Oc3ncc(C(F)(F)F)cc3Cl)c2)n1. The first-order valence-electron chi connectivity index (χ1n) is 7.31. The third-order valence-electron chi connectivity index (χ3n) is 3.39. The standard InChI is InChI=1S/C17H11ClF3N3O2/c1-10(25)24-6-5-15(23-24)11-3-2-4-13(7-11)26-16-14(18)8-12(9-22-16)17(19,20)21/h2-9H,1H3. The number of halogens is 4. The molecule has 9 heteroatoms. The molecule has 0 aliphatic heterocycles. The van der Waals surface area contributed by atoms with Crippen molar-refractivity contribution in [2.75, 3.05) is 0 Å². The van der Waals surface area contributed by atoms with Crippen molar-refractivity contribution in [1.29, 1.82) is 0 Å². The molecule has 0 radical (unpaired) electrons. The van der Waals surface area contributed by atoms with Gasteiger partial charge in [0.05, 0.1) is 11.3 Å². The summed E-state index contributed by atoms with van der Waals surface area (Å²) in [7, 11) is 0. The lowest BCUT2D eigenvalue weighted by Crippen LogP contribution is -2.06.